The van der Waals surface area contributed by atoms with Gasteiger partial charge in [-0.3, -0.25) is 9.11 Å². The van der Waals surface area contributed by atoms with Crippen LogP contribution in [-0.2, 0) is 35.9 Å². The van der Waals surface area contributed by atoms with Crippen molar-refractivity contribution < 1.29 is 13.7 Å². The van der Waals surface area contributed by atoms with Crippen molar-refractivity contribution in [3.8, 4) is 5.75 Å². The Labute approximate surface area is 187 Å². The molecule has 0 aliphatic carbocycles. The number of aromatic nitrogens is 1. The van der Waals surface area contributed by atoms with Crippen LogP contribution in [0.5, 0.6) is 5.75 Å². The molecule has 4 nitrogen and oxygen atoms in total. The Morgan fingerprint density at radius 1 is 1.10 bits per heavy atom. The molecule has 160 valence electrons. The molecule has 0 bridgehead atoms. The highest BCUT2D eigenvalue weighted by atomic mass is 79.9. The number of phenols is 1. The van der Waals surface area contributed by atoms with E-state index in [0.29, 0.717) is 22.5 Å². The van der Waals surface area contributed by atoms with Crippen molar-refractivity contribution in [2.75, 3.05) is 13.1 Å². The van der Waals surface area contributed by atoms with Gasteiger partial charge in [0, 0.05) is 52.3 Å². The van der Waals surface area contributed by atoms with Crippen molar-refractivity contribution in [2.45, 2.75) is 37.3 Å². The van der Waals surface area contributed by atoms with Crippen molar-refractivity contribution in [1.82, 2.24) is 9.47 Å². The molecule has 30 heavy (non-hydrogen) atoms. The number of benzene rings is 2. The molecule has 4 rings (SSSR count). The first-order chi connectivity index (χ1) is 14.4. The molecule has 0 spiro atoms. The number of piperidine rings is 1. The van der Waals surface area contributed by atoms with Crippen LogP contribution in [0.2, 0.25) is 0 Å². The third-order valence-corrected chi connectivity index (χ3v) is 7.74. The molecular formula is C23H26BrFN2O2S. The number of aryl methyl sites for hydroxylation is 1. The number of likely N-dealkylation sites (tertiary alicyclic amines) is 1. The second kappa shape index (κ2) is 9.20. The molecule has 1 aliphatic heterocycles. The van der Waals surface area contributed by atoms with Crippen LogP contribution in [0, 0.1) is 5.82 Å². The van der Waals surface area contributed by atoms with Crippen molar-refractivity contribution in [3.63, 3.8) is 0 Å². The lowest BCUT2D eigenvalue weighted by molar-refractivity contribution is 0.219. The molecule has 1 saturated heterocycles. The lowest BCUT2D eigenvalue weighted by atomic mass is 10.1. The summed E-state index contributed by atoms with van der Waals surface area (Å²) in [5.41, 5.74) is 3.76. The average Bonchev–Trinajstić information content (AvgIpc) is 3.03. The van der Waals surface area contributed by atoms with E-state index in [1.54, 1.807) is 12.1 Å². The van der Waals surface area contributed by atoms with Gasteiger partial charge in [-0.2, -0.15) is 0 Å². The molecule has 2 heterocycles. The van der Waals surface area contributed by atoms with Gasteiger partial charge in [-0.05, 0) is 71.7 Å². The number of hydrogen-bond donors (Lipinski definition) is 1. The lowest BCUT2D eigenvalue weighted by Crippen LogP contribution is -2.29. The molecule has 0 saturated carbocycles. The van der Waals surface area contributed by atoms with Crippen LogP contribution in [0.4, 0.5) is 4.39 Å². The fourth-order valence-electron chi connectivity index (χ4n) is 4.17. The summed E-state index contributed by atoms with van der Waals surface area (Å²) in [7, 11) is 0.856. The minimum Gasteiger partial charge on any atom is -0.506 e. The molecule has 1 aliphatic rings. The molecule has 1 atom stereocenters. The Morgan fingerprint density at radius 3 is 2.50 bits per heavy atom. The third kappa shape index (κ3) is 4.63. The molecule has 1 aromatic heterocycles. The van der Waals surface area contributed by atoms with Crippen LogP contribution in [0.1, 0.15) is 36.1 Å². The first kappa shape index (κ1) is 21.5. The number of fused-ring (bicyclic) bond motifs is 1. The van der Waals surface area contributed by atoms with Gasteiger partial charge in [0.15, 0.2) is 0 Å². The summed E-state index contributed by atoms with van der Waals surface area (Å²) >= 11 is 3.50. The van der Waals surface area contributed by atoms with Gasteiger partial charge in [0.2, 0.25) is 0 Å². The van der Waals surface area contributed by atoms with E-state index in [9.17, 15) is 13.7 Å². The monoisotopic (exact) mass is 492 g/mol. The van der Waals surface area contributed by atoms with Gasteiger partial charge in [0.25, 0.3) is 0 Å². The lowest BCUT2D eigenvalue weighted by Gasteiger charge is -2.27. The number of hydrogen-bond acceptors (Lipinski definition) is 3. The SMILES string of the molecule is Cn1c(CS(=O)Cc2ccc(F)cc2)cc2c(CN3CCCCC3)c(O)c(Br)cc21. The van der Waals surface area contributed by atoms with E-state index in [1.807, 2.05) is 13.1 Å². The molecule has 3 aromatic rings. The second-order valence-electron chi connectivity index (χ2n) is 8.00. The molecule has 0 amide bonds. The first-order valence-electron chi connectivity index (χ1n) is 10.2. The molecule has 1 unspecified atom stereocenters. The van der Waals surface area contributed by atoms with E-state index in [1.165, 1.54) is 31.4 Å². The summed E-state index contributed by atoms with van der Waals surface area (Å²) in [6, 6.07) is 10.1. The summed E-state index contributed by atoms with van der Waals surface area (Å²) in [4.78, 5) is 2.39. The maximum Gasteiger partial charge on any atom is 0.135 e. The highest BCUT2D eigenvalue weighted by molar-refractivity contribution is 9.10. The van der Waals surface area contributed by atoms with Crippen molar-refractivity contribution >= 4 is 37.6 Å². The summed E-state index contributed by atoms with van der Waals surface area (Å²) in [6.07, 6.45) is 3.66. The quantitative estimate of drug-likeness (QED) is 0.512. The maximum absolute atomic E-state index is 13.1. The number of rotatable bonds is 6. The number of nitrogens with zero attached hydrogens (tertiary/aromatic N) is 2. The summed E-state index contributed by atoms with van der Waals surface area (Å²) in [5, 5.41) is 11.8. The number of phenolic OH excluding ortho intramolecular Hbond substituents is 1. The second-order valence-corrected chi connectivity index (χ2v) is 10.3. The Morgan fingerprint density at radius 2 is 1.80 bits per heavy atom. The number of halogens is 2. The molecule has 1 N–H and O–H groups in total. The highest BCUT2D eigenvalue weighted by Crippen LogP contribution is 2.37. The Kier molecular flexibility index (Phi) is 6.60. The van der Waals surface area contributed by atoms with E-state index in [0.717, 1.165) is 40.8 Å². The Hall–Kier alpha value is -1.70. The molecule has 1 fully saturated rings. The maximum atomic E-state index is 13.1. The van der Waals surface area contributed by atoms with Crippen LogP contribution in [0.25, 0.3) is 10.9 Å². The molecule has 7 heteroatoms. The third-order valence-electron chi connectivity index (χ3n) is 5.86. The fourth-order valence-corrected chi connectivity index (χ4v) is 5.90. The molecule has 2 aromatic carbocycles. The Bertz CT molecular complexity index is 1080. The summed E-state index contributed by atoms with van der Waals surface area (Å²) in [6.45, 7) is 2.81. The number of aromatic hydroxyl groups is 1. The minimum absolute atomic E-state index is 0.287. The summed E-state index contributed by atoms with van der Waals surface area (Å²) in [5.74, 6) is 0.795. The minimum atomic E-state index is -1.12. The fraction of sp³-hybridized carbons (Fsp3) is 0.391. The summed E-state index contributed by atoms with van der Waals surface area (Å²) < 4.78 is 28.6. The average molecular weight is 493 g/mol. The molecular weight excluding hydrogens is 467 g/mol. The van der Waals surface area contributed by atoms with Gasteiger partial charge >= 0.3 is 0 Å². The predicted molar refractivity (Wildman–Crippen MR) is 123 cm³/mol. The van der Waals surface area contributed by atoms with E-state index in [2.05, 4.69) is 31.5 Å². The zero-order valence-corrected chi connectivity index (χ0v) is 19.4. The Balaban J connectivity index is 1.61. The van der Waals surface area contributed by atoms with Gasteiger partial charge in [0.05, 0.1) is 10.2 Å². The van der Waals surface area contributed by atoms with E-state index in [4.69, 9.17) is 0 Å². The first-order valence-corrected chi connectivity index (χ1v) is 12.5. The van der Waals surface area contributed by atoms with Crippen LogP contribution >= 0.6 is 15.9 Å². The zero-order chi connectivity index (χ0) is 21.3. The van der Waals surface area contributed by atoms with Gasteiger partial charge in [0.1, 0.15) is 11.6 Å². The molecule has 0 radical (unpaired) electrons. The topological polar surface area (TPSA) is 45.5 Å². The predicted octanol–water partition coefficient (Wildman–Crippen LogP) is 5.22. The van der Waals surface area contributed by atoms with Crippen LogP contribution < -0.4 is 0 Å². The van der Waals surface area contributed by atoms with Gasteiger partial charge in [-0.1, -0.05) is 18.6 Å². The van der Waals surface area contributed by atoms with Gasteiger partial charge in [-0.25, -0.2) is 4.39 Å². The van der Waals surface area contributed by atoms with Crippen molar-refractivity contribution in [3.05, 3.63) is 63.5 Å². The van der Waals surface area contributed by atoms with E-state index in [-0.39, 0.29) is 11.6 Å². The van der Waals surface area contributed by atoms with E-state index >= 15 is 0 Å². The van der Waals surface area contributed by atoms with E-state index < -0.39 is 10.8 Å². The van der Waals surface area contributed by atoms with Crippen LogP contribution in [0.3, 0.4) is 0 Å². The van der Waals surface area contributed by atoms with Gasteiger partial charge in [-0.15, -0.1) is 0 Å². The largest absolute Gasteiger partial charge is 0.506 e. The van der Waals surface area contributed by atoms with Crippen LogP contribution in [-0.4, -0.2) is 31.9 Å². The normalized spacial score (nSPS) is 16.2. The smallest absolute Gasteiger partial charge is 0.135 e. The van der Waals surface area contributed by atoms with Gasteiger partial charge < -0.3 is 9.67 Å². The van der Waals surface area contributed by atoms with Crippen molar-refractivity contribution in [1.29, 1.82) is 0 Å². The zero-order valence-electron chi connectivity index (χ0n) is 17.0. The highest BCUT2D eigenvalue weighted by Gasteiger charge is 2.20. The standard InChI is InChI=1S/C23H26BrFN2O2S/c1-26-18(15-30(29)14-16-5-7-17(25)8-6-16)11-19-20(13-27-9-3-2-4-10-27)23(28)21(24)12-22(19)26/h5-8,11-12,28H,2-4,9-10,13-15H2,1H3. The van der Waals surface area contributed by atoms with Crippen LogP contribution in [0.15, 0.2) is 40.9 Å². The van der Waals surface area contributed by atoms with Crippen molar-refractivity contribution in [2.24, 2.45) is 7.05 Å².